The first-order valence-corrected chi connectivity index (χ1v) is 5.79. The van der Waals surface area contributed by atoms with E-state index in [9.17, 15) is 13.6 Å². The molecule has 0 fully saturated rings. The van der Waals surface area contributed by atoms with Gasteiger partial charge in [-0.05, 0) is 19.4 Å². The molecular formula is C13H17F2NO2. The number of rotatable bonds is 5. The number of carbonyl (C=O) groups excluding carboxylic acids is 1. The van der Waals surface area contributed by atoms with Crippen LogP contribution in [0.5, 0.6) is 0 Å². The normalized spacial score (nSPS) is 14.1. The molecule has 0 bridgehead atoms. The van der Waals surface area contributed by atoms with Crippen molar-refractivity contribution in [2.24, 2.45) is 0 Å². The molecule has 100 valence electrons. The molecule has 2 atom stereocenters. The Bertz CT molecular complexity index is 423. The Hall–Kier alpha value is -1.49. The molecular weight excluding hydrogens is 240 g/mol. The number of ether oxygens (including phenoxy) is 1. The van der Waals surface area contributed by atoms with Gasteiger partial charge in [0.15, 0.2) is 11.6 Å². The summed E-state index contributed by atoms with van der Waals surface area (Å²) in [6, 6.07) is 2.73. The van der Waals surface area contributed by atoms with Crippen LogP contribution in [-0.4, -0.2) is 19.1 Å². The van der Waals surface area contributed by atoms with Crippen molar-refractivity contribution in [3.63, 3.8) is 0 Å². The van der Waals surface area contributed by atoms with E-state index in [1.54, 1.807) is 0 Å². The van der Waals surface area contributed by atoms with Crippen LogP contribution in [0.25, 0.3) is 0 Å². The summed E-state index contributed by atoms with van der Waals surface area (Å²) in [6.07, 6.45) is 0.754. The van der Waals surface area contributed by atoms with Crippen molar-refractivity contribution in [1.82, 2.24) is 5.32 Å². The molecule has 1 aromatic rings. The van der Waals surface area contributed by atoms with E-state index >= 15 is 0 Å². The van der Waals surface area contributed by atoms with Gasteiger partial charge in [-0.25, -0.2) is 13.6 Å². The van der Waals surface area contributed by atoms with Crippen molar-refractivity contribution in [2.75, 3.05) is 7.11 Å². The van der Waals surface area contributed by atoms with Crippen LogP contribution >= 0.6 is 0 Å². The van der Waals surface area contributed by atoms with Crippen LogP contribution in [0.2, 0.25) is 0 Å². The predicted molar refractivity (Wildman–Crippen MR) is 64.0 cm³/mol. The van der Waals surface area contributed by atoms with Gasteiger partial charge in [0.2, 0.25) is 0 Å². The van der Waals surface area contributed by atoms with Gasteiger partial charge < -0.3 is 4.74 Å². The van der Waals surface area contributed by atoms with E-state index < -0.39 is 23.6 Å². The largest absolute Gasteiger partial charge is 0.468 e. The van der Waals surface area contributed by atoms with E-state index in [-0.39, 0.29) is 11.6 Å². The molecule has 0 spiro atoms. The molecule has 1 rings (SSSR count). The van der Waals surface area contributed by atoms with E-state index in [1.165, 1.54) is 19.2 Å². The maximum absolute atomic E-state index is 13.7. The lowest BCUT2D eigenvalue weighted by molar-refractivity contribution is -0.143. The number of methoxy groups -OCH3 is 1. The minimum atomic E-state index is -1.02. The third-order valence-corrected chi connectivity index (χ3v) is 2.79. The first-order chi connectivity index (χ1) is 8.51. The fourth-order valence-corrected chi connectivity index (χ4v) is 1.55. The quantitative estimate of drug-likeness (QED) is 0.824. The summed E-state index contributed by atoms with van der Waals surface area (Å²) in [7, 11) is 1.21. The molecule has 0 radical (unpaired) electrons. The molecule has 0 amide bonds. The van der Waals surface area contributed by atoms with Gasteiger partial charge in [-0.3, -0.25) is 5.32 Å². The number of nitrogens with one attached hydrogen (secondary N) is 1. The highest BCUT2D eigenvalue weighted by molar-refractivity contribution is 5.77. The highest BCUT2D eigenvalue weighted by Gasteiger charge is 2.26. The zero-order valence-corrected chi connectivity index (χ0v) is 10.7. The molecule has 1 aromatic carbocycles. The summed E-state index contributed by atoms with van der Waals surface area (Å²) < 4.78 is 31.5. The van der Waals surface area contributed by atoms with E-state index in [2.05, 4.69) is 10.1 Å². The Labute approximate surface area is 105 Å². The number of halogens is 2. The van der Waals surface area contributed by atoms with E-state index in [4.69, 9.17) is 0 Å². The summed E-state index contributed by atoms with van der Waals surface area (Å²) in [5.74, 6) is -2.64. The average Bonchev–Trinajstić information content (AvgIpc) is 2.38. The topological polar surface area (TPSA) is 38.3 Å². The van der Waals surface area contributed by atoms with Crippen LogP contribution in [0.15, 0.2) is 18.2 Å². The van der Waals surface area contributed by atoms with Crippen LogP contribution in [0, 0.1) is 11.6 Å². The first-order valence-electron chi connectivity index (χ1n) is 5.79. The predicted octanol–water partition coefficient (Wildman–Crippen LogP) is 2.57. The highest BCUT2D eigenvalue weighted by atomic mass is 19.2. The monoisotopic (exact) mass is 257 g/mol. The van der Waals surface area contributed by atoms with E-state index in [0.29, 0.717) is 0 Å². The molecule has 5 heteroatoms. The molecule has 18 heavy (non-hydrogen) atoms. The number of benzene rings is 1. The van der Waals surface area contributed by atoms with Crippen molar-refractivity contribution < 1.29 is 18.3 Å². The lowest BCUT2D eigenvalue weighted by atomic mass is 10.0. The molecule has 0 aromatic heterocycles. The van der Waals surface area contributed by atoms with Crippen molar-refractivity contribution in [1.29, 1.82) is 0 Å². The number of hydrogen-bond acceptors (Lipinski definition) is 3. The van der Waals surface area contributed by atoms with Gasteiger partial charge in [0.25, 0.3) is 0 Å². The van der Waals surface area contributed by atoms with Crippen LogP contribution in [0.1, 0.15) is 31.9 Å². The smallest absolute Gasteiger partial charge is 0.327 e. The lowest BCUT2D eigenvalue weighted by Crippen LogP contribution is -2.36. The minimum Gasteiger partial charge on any atom is -0.468 e. The third kappa shape index (κ3) is 3.26. The summed E-state index contributed by atoms with van der Waals surface area (Å²) >= 11 is 0. The molecule has 0 saturated carbocycles. The Kier molecular flexibility index (Phi) is 5.22. The Morgan fingerprint density at radius 1 is 1.44 bits per heavy atom. The summed E-state index contributed by atoms with van der Waals surface area (Å²) in [5, 5.41) is 2.92. The fourth-order valence-electron chi connectivity index (χ4n) is 1.55. The molecule has 0 heterocycles. The second-order valence-electron chi connectivity index (χ2n) is 4.08. The second-order valence-corrected chi connectivity index (χ2v) is 4.08. The third-order valence-electron chi connectivity index (χ3n) is 2.79. The van der Waals surface area contributed by atoms with Crippen LogP contribution in [-0.2, 0) is 9.53 Å². The molecule has 0 aliphatic carbocycles. The number of esters is 1. The molecule has 0 aliphatic rings. The fraction of sp³-hybridized carbons (Fsp3) is 0.462. The van der Waals surface area contributed by atoms with Gasteiger partial charge in [-0.1, -0.05) is 19.1 Å². The summed E-state index contributed by atoms with van der Waals surface area (Å²) in [6.45, 7) is 3.78. The van der Waals surface area contributed by atoms with Crippen molar-refractivity contribution in [3.8, 4) is 0 Å². The first kappa shape index (κ1) is 14.6. The zero-order valence-electron chi connectivity index (χ0n) is 10.7. The molecule has 1 N–H and O–H groups in total. The van der Waals surface area contributed by atoms with Gasteiger partial charge in [-0.15, -0.1) is 0 Å². The van der Waals surface area contributed by atoms with Gasteiger partial charge in [0, 0.05) is 11.6 Å². The molecule has 0 aliphatic heterocycles. The molecule has 2 unspecified atom stereocenters. The second kappa shape index (κ2) is 6.44. The van der Waals surface area contributed by atoms with E-state index in [1.807, 2.05) is 13.8 Å². The molecule has 3 nitrogen and oxygen atoms in total. The standard InChI is InChI=1S/C13H17F2NO2/c1-4-8(2)16-12(13(17)18-3)9-6-5-7-10(14)11(9)15/h5-8,12,16H,4H2,1-3H3. The van der Waals surface area contributed by atoms with Gasteiger partial charge in [0.1, 0.15) is 6.04 Å². The SMILES string of the molecule is CCC(C)NC(C(=O)OC)c1cccc(F)c1F. The van der Waals surface area contributed by atoms with Crippen LogP contribution < -0.4 is 5.32 Å². The Morgan fingerprint density at radius 3 is 2.67 bits per heavy atom. The van der Waals surface area contributed by atoms with Crippen molar-refractivity contribution in [3.05, 3.63) is 35.4 Å². The molecule has 0 saturated heterocycles. The highest BCUT2D eigenvalue weighted by Crippen LogP contribution is 2.21. The van der Waals surface area contributed by atoms with Gasteiger partial charge in [0.05, 0.1) is 7.11 Å². The Morgan fingerprint density at radius 2 is 2.11 bits per heavy atom. The van der Waals surface area contributed by atoms with Gasteiger partial charge in [-0.2, -0.15) is 0 Å². The van der Waals surface area contributed by atoms with Gasteiger partial charge >= 0.3 is 5.97 Å². The summed E-state index contributed by atoms with van der Waals surface area (Å²) in [5.41, 5.74) is -0.0397. The summed E-state index contributed by atoms with van der Waals surface area (Å²) in [4.78, 5) is 11.7. The van der Waals surface area contributed by atoms with Crippen molar-refractivity contribution >= 4 is 5.97 Å². The zero-order chi connectivity index (χ0) is 13.7. The Balaban J connectivity index is 3.09. The maximum atomic E-state index is 13.7. The van der Waals surface area contributed by atoms with Crippen LogP contribution in [0.3, 0.4) is 0 Å². The number of carbonyl (C=O) groups is 1. The van der Waals surface area contributed by atoms with E-state index in [0.717, 1.165) is 12.5 Å². The maximum Gasteiger partial charge on any atom is 0.327 e. The average molecular weight is 257 g/mol. The lowest BCUT2D eigenvalue weighted by Gasteiger charge is -2.21. The number of hydrogen-bond donors (Lipinski definition) is 1. The van der Waals surface area contributed by atoms with Crippen molar-refractivity contribution in [2.45, 2.75) is 32.4 Å². The van der Waals surface area contributed by atoms with Crippen LogP contribution in [0.4, 0.5) is 8.78 Å². The minimum absolute atomic E-state index is 0.0169.